The molecule has 0 radical (unpaired) electrons. The fraction of sp³-hybridized carbons (Fsp3) is 0.400. The van der Waals surface area contributed by atoms with Crippen LogP contribution in [0.1, 0.15) is 23.7 Å². The Bertz CT molecular complexity index is 363. The molecule has 0 aliphatic carbocycles. The van der Waals surface area contributed by atoms with Gasteiger partial charge in [0.05, 0.1) is 0 Å². The number of rotatable bonds is 2. The van der Waals surface area contributed by atoms with Gasteiger partial charge in [-0.05, 0) is 24.7 Å². The molecule has 0 saturated carbocycles. The van der Waals surface area contributed by atoms with Crippen LogP contribution in [0, 0.1) is 0 Å². The van der Waals surface area contributed by atoms with Gasteiger partial charge in [-0.25, -0.2) is 9.78 Å². The minimum atomic E-state index is -1.31. The van der Waals surface area contributed by atoms with Crippen molar-refractivity contribution in [2.45, 2.75) is 18.1 Å². The Kier molecular flexibility index (Phi) is 3.11. The first-order valence-electron chi connectivity index (χ1n) is 4.74. The quantitative estimate of drug-likeness (QED) is 0.784. The van der Waals surface area contributed by atoms with Crippen molar-refractivity contribution in [1.82, 2.24) is 4.98 Å². The molecule has 2 heterocycles. The molecule has 0 spiro atoms. The van der Waals surface area contributed by atoms with Gasteiger partial charge < -0.3 is 9.84 Å². The van der Waals surface area contributed by atoms with Gasteiger partial charge in [-0.15, -0.1) is 0 Å². The molecule has 0 amide bonds. The monoisotopic (exact) mass is 225 g/mol. The molecule has 0 aromatic carbocycles. The van der Waals surface area contributed by atoms with Gasteiger partial charge in [0.1, 0.15) is 0 Å². The second-order valence-corrected chi connectivity index (χ2v) is 4.58. The maximum atomic E-state index is 10.5. The predicted octanol–water partition coefficient (Wildman–Crippen LogP) is 2.71. The number of ether oxygens (including phenoxy) is 1. The molecular weight excluding hydrogens is 214 g/mol. The Balaban J connectivity index is 2.24. The predicted molar refractivity (Wildman–Crippen MR) is 57.3 cm³/mol. The fourth-order valence-corrected chi connectivity index (χ4v) is 2.95. The summed E-state index contributed by atoms with van der Waals surface area (Å²) in [6.45, 7) is 0. The molecule has 1 atom stereocenters. The average Bonchev–Trinajstić information content (AvgIpc) is 2.70. The molecule has 1 aliphatic heterocycles. The molecule has 1 aromatic rings. The number of nitrogens with zero attached hydrogens (tertiary/aromatic N) is 1. The van der Waals surface area contributed by atoms with Crippen LogP contribution in [0.25, 0.3) is 0 Å². The first-order valence-corrected chi connectivity index (χ1v) is 5.79. The van der Waals surface area contributed by atoms with Crippen molar-refractivity contribution in [1.29, 1.82) is 0 Å². The Morgan fingerprint density at radius 3 is 3.20 bits per heavy atom. The van der Waals surface area contributed by atoms with Crippen LogP contribution in [-0.2, 0) is 0 Å². The third-order valence-electron chi connectivity index (χ3n) is 2.26. The van der Waals surface area contributed by atoms with Crippen molar-refractivity contribution in [3.05, 3.63) is 23.9 Å². The van der Waals surface area contributed by atoms with E-state index in [9.17, 15) is 4.79 Å². The first-order chi connectivity index (χ1) is 7.27. The zero-order valence-corrected chi connectivity index (χ0v) is 8.87. The van der Waals surface area contributed by atoms with Gasteiger partial charge in [0.2, 0.25) is 5.88 Å². The lowest BCUT2D eigenvalue weighted by Crippen LogP contribution is -2.07. The molecular formula is C10H11NO3S. The summed E-state index contributed by atoms with van der Waals surface area (Å²) in [5.41, 5.74) is 0.891. The third-order valence-corrected chi connectivity index (χ3v) is 3.68. The fourth-order valence-electron chi connectivity index (χ4n) is 1.64. The van der Waals surface area contributed by atoms with E-state index < -0.39 is 6.16 Å². The zero-order chi connectivity index (χ0) is 10.7. The molecule has 1 saturated heterocycles. The highest BCUT2D eigenvalue weighted by Crippen LogP contribution is 2.42. The number of thioether (sulfide) groups is 1. The van der Waals surface area contributed by atoms with E-state index in [-0.39, 0.29) is 5.88 Å². The Morgan fingerprint density at radius 1 is 1.67 bits per heavy atom. The highest BCUT2D eigenvalue weighted by atomic mass is 32.2. The number of aromatic nitrogens is 1. The van der Waals surface area contributed by atoms with E-state index in [2.05, 4.69) is 9.72 Å². The average molecular weight is 225 g/mol. The minimum Gasteiger partial charge on any atom is -0.449 e. The smallest absolute Gasteiger partial charge is 0.449 e. The summed E-state index contributed by atoms with van der Waals surface area (Å²) in [5.74, 6) is 1.34. The molecule has 1 fully saturated rings. The summed E-state index contributed by atoms with van der Waals surface area (Å²) in [4.78, 5) is 14.4. The molecule has 1 N–H and O–H groups in total. The molecule has 1 unspecified atom stereocenters. The van der Waals surface area contributed by atoms with E-state index in [0.29, 0.717) is 5.25 Å². The third kappa shape index (κ3) is 2.41. The minimum absolute atomic E-state index is 0.226. The molecule has 4 nitrogen and oxygen atoms in total. The van der Waals surface area contributed by atoms with Crippen molar-refractivity contribution in [2.24, 2.45) is 0 Å². The van der Waals surface area contributed by atoms with Gasteiger partial charge in [0, 0.05) is 17.0 Å². The van der Waals surface area contributed by atoms with Crippen molar-refractivity contribution in [3.63, 3.8) is 0 Å². The molecule has 1 aliphatic rings. The number of hydrogen-bond acceptors (Lipinski definition) is 4. The van der Waals surface area contributed by atoms with Crippen LogP contribution in [0.3, 0.4) is 0 Å². The highest BCUT2D eigenvalue weighted by molar-refractivity contribution is 7.99. The Labute approximate surface area is 91.7 Å². The van der Waals surface area contributed by atoms with Gasteiger partial charge in [0.15, 0.2) is 0 Å². The van der Waals surface area contributed by atoms with Crippen LogP contribution in [-0.4, -0.2) is 22.0 Å². The van der Waals surface area contributed by atoms with Crippen molar-refractivity contribution in [3.8, 4) is 5.88 Å². The SMILES string of the molecule is O=C(O)Oc1ncccc1C1CCCS1. The van der Waals surface area contributed by atoms with Gasteiger partial charge >= 0.3 is 6.16 Å². The lowest BCUT2D eigenvalue weighted by molar-refractivity contribution is 0.142. The molecule has 80 valence electrons. The highest BCUT2D eigenvalue weighted by Gasteiger charge is 2.22. The number of carboxylic acid groups (broad SMARTS) is 1. The molecule has 1 aromatic heterocycles. The summed E-state index contributed by atoms with van der Waals surface area (Å²) in [7, 11) is 0. The van der Waals surface area contributed by atoms with Crippen LogP contribution in [0.4, 0.5) is 4.79 Å². The number of pyridine rings is 1. The van der Waals surface area contributed by atoms with E-state index in [1.54, 1.807) is 6.20 Å². The van der Waals surface area contributed by atoms with E-state index >= 15 is 0 Å². The lowest BCUT2D eigenvalue weighted by Gasteiger charge is -2.11. The number of carbonyl (C=O) groups is 1. The molecule has 5 heteroatoms. The topological polar surface area (TPSA) is 59.4 Å². The number of hydrogen-bond donors (Lipinski definition) is 1. The summed E-state index contributed by atoms with van der Waals surface area (Å²) in [6.07, 6.45) is 2.46. The van der Waals surface area contributed by atoms with Crippen molar-refractivity contribution in [2.75, 3.05) is 5.75 Å². The van der Waals surface area contributed by atoms with Gasteiger partial charge in [0.25, 0.3) is 0 Å². The van der Waals surface area contributed by atoms with E-state index in [1.807, 2.05) is 23.9 Å². The van der Waals surface area contributed by atoms with Crippen LogP contribution < -0.4 is 4.74 Å². The zero-order valence-electron chi connectivity index (χ0n) is 8.05. The standard InChI is InChI=1S/C10H11NO3S/c12-10(13)14-9-7(3-1-5-11-9)8-4-2-6-15-8/h1,3,5,8H,2,4,6H2,(H,12,13). The van der Waals surface area contributed by atoms with Crippen molar-refractivity contribution < 1.29 is 14.6 Å². The maximum Gasteiger partial charge on any atom is 0.512 e. The second kappa shape index (κ2) is 4.53. The van der Waals surface area contributed by atoms with Gasteiger partial charge in [-0.3, -0.25) is 0 Å². The van der Waals surface area contributed by atoms with Gasteiger partial charge in [-0.1, -0.05) is 6.07 Å². The van der Waals surface area contributed by atoms with Gasteiger partial charge in [-0.2, -0.15) is 11.8 Å². The van der Waals surface area contributed by atoms with Crippen LogP contribution in [0.15, 0.2) is 18.3 Å². The Morgan fingerprint density at radius 2 is 2.53 bits per heavy atom. The van der Waals surface area contributed by atoms with Crippen LogP contribution in [0.5, 0.6) is 5.88 Å². The first kappa shape index (κ1) is 10.3. The Hall–Kier alpha value is -1.23. The van der Waals surface area contributed by atoms with Crippen molar-refractivity contribution >= 4 is 17.9 Å². The van der Waals surface area contributed by atoms with Crippen LogP contribution in [0.2, 0.25) is 0 Å². The van der Waals surface area contributed by atoms with Crippen LogP contribution >= 0.6 is 11.8 Å². The summed E-state index contributed by atoms with van der Waals surface area (Å²) in [5, 5.41) is 8.89. The van der Waals surface area contributed by atoms with E-state index in [0.717, 1.165) is 24.2 Å². The largest absolute Gasteiger partial charge is 0.512 e. The summed E-state index contributed by atoms with van der Waals surface area (Å²) in [6, 6.07) is 3.69. The normalized spacial score (nSPS) is 20.1. The van der Waals surface area contributed by atoms with E-state index in [4.69, 9.17) is 5.11 Å². The maximum absolute atomic E-state index is 10.5. The molecule has 15 heavy (non-hydrogen) atoms. The summed E-state index contributed by atoms with van der Waals surface area (Å²) < 4.78 is 4.65. The summed E-state index contributed by atoms with van der Waals surface area (Å²) >= 11 is 1.82. The van der Waals surface area contributed by atoms with E-state index in [1.165, 1.54) is 0 Å². The lowest BCUT2D eigenvalue weighted by atomic mass is 10.1. The molecule has 2 rings (SSSR count). The second-order valence-electron chi connectivity index (χ2n) is 3.27. The molecule has 0 bridgehead atoms.